The molecule has 0 saturated carbocycles. The van der Waals surface area contributed by atoms with E-state index in [0.29, 0.717) is 22.7 Å². The van der Waals surface area contributed by atoms with Gasteiger partial charge in [0.1, 0.15) is 4.60 Å². The summed E-state index contributed by atoms with van der Waals surface area (Å²) in [5.41, 5.74) is 3.01. The molecular weight excluding hydrogens is 336 g/mol. The molecule has 3 heterocycles. The Bertz CT molecular complexity index is 726. The smallest absolute Gasteiger partial charge is 0.266 e. The zero-order valence-corrected chi connectivity index (χ0v) is 13.6. The van der Waals surface area contributed by atoms with Crippen molar-refractivity contribution in [2.45, 2.75) is 20.4 Å². The molecule has 2 aromatic heterocycles. The number of ether oxygens (including phenoxy) is 1. The maximum atomic E-state index is 12.2. The summed E-state index contributed by atoms with van der Waals surface area (Å²) in [6, 6.07) is 3.61. The summed E-state index contributed by atoms with van der Waals surface area (Å²) < 4.78 is 7.92. The van der Waals surface area contributed by atoms with E-state index in [4.69, 9.17) is 4.74 Å². The maximum Gasteiger partial charge on any atom is 0.266 e. The second-order valence-electron chi connectivity index (χ2n) is 5.00. The predicted molar refractivity (Wildman–Crippen MR) is 81.3 cm³/mol. The lowest BCUT2D eigenvalue weighted by molar-refractivity contribution is -0.121. The average Bonchev–Trinajstić information content (AvgIpc) is 2.68. The number of aryl methyl sites for hydroxylation is 2. The molecule has 1 aliphatic rings. The Balaban J connectivity index is 2.02. The third-order valence-electron chi connectivity index (χ3n) is 3.69. The Morgan fingerprint density at radius 3 is 2.81 bits per heavy atom. The second kappa shape index (κ2) is 5.14. The zero-order chi connectivity index (χ0) is 15.1. The van der Waals surface area contributed by atoms with Crippen LogP contribution in [0.25, 0.3) is 0 Å². The number of aromatic nitrogens is 3. The van der Waals surface area contributed by atoms with Gasteiger partial charge in [-0.1, -0.05) is 0 Å². The molecule has 0 N–H and O–H groups in total. The molecule has 1 aliphatic heterocycles. The van der Waals surface area contributed by atoms with E-state index in [9.17, 15) is 4.79 Å². The quantitative estimate of drug-likeness (QED) is 0.778. The summed E-state index contributed by atoms with van der Waals surface area (Å²) in [7, 11) is 1.90. The molecule has 0 fully saturated rings. The van der Waals surface area contributed by atoms with E-state index in [1.54, 1.807) is 11.0 Å². The largest absolute Gasteiger partial charge is 0.480 e. The highest BCUT2D eigenvalue weighted by molar-refractivity contribution is 9.10. The summed E-state index contributed by atoms with van der Waals surface area (Å²) in [5, 5.41) is 4.39. The van der Waals surface area contributed by atoms with Gasteiger partial charge in [-0.25, -0.2) is 4.98 Å². The van der Waals surface area contributed by atoms with Gasteiger partial charge in [0, 0.05) is 18.3 Å². The fourth-order valence-electron chi connectivity index (χ4n) is 2.42. The molecule has 110 valence electrons. The molecule has 21 heavy (non-hydrogen) atoms. The molecule has 0 atom stereocenters. The normalized spacial score (nSPS) is 14.1. The first kappa shape index (κ1) is 14.1. The standard InChI is InChI=1S/C14H15BrN4O2/c1-8-10(9(2)18(3)17-8)6-19-13(20)7-21-11-4-5-12(15)16-14(11)19/h4-5H,6-7H2,1-3H3. The number of halogens is 1. The van der Waals surface area contributed by atoms with Crippen LogP contribution >= 0.6 is 15.9 Å². The van der Waals surface area contributed by atoms with Gasteiger partial charge in [-0.05, 0) is 41.9 Å². The number of carbonyl (C=O) groups excluding carboxylic acids is 1. The van der Waals surface area contributed by atoms with Crippen molar-refractivity contribution >= 4 is 27.7 Å². The fraction of sp³-hybridized carbons (Fsp3) is 0.357. The van der Waals surface area contributed by atoms with Crippen LogP contribution in [0, 0.1) is 13.8 Å². The lowest BCUT2D eigenvalue weighted by atomic mass is 10.1. The van der Waals surface area contributed by atoms with Crippen LogP contribution in [-0.2, 0) is 18.4 Å². The number of hydrogen-bond acceptors (Lipinski definition) is 4. The van der Waals surface area contributed by atoms with Crippen LogP contribution in [0.1, 0.15) is 17.0 Å². The number of carbonyl (C=O) groups is 1. The topological polar surface area (TPSA) is 60.2 Å². The molecule has 0 unspecified atom stereocenters. The van der Waals surface area contributed by atoms with Gasteiger partial charge in [0.25, 0.3) is 5.91 Å². The number of anilines is 1. The Kier molecular flexibility index (Phi) is 3.44. The van der Waals surface area contributed by atoms with Crippen LogP contribution in [0.15, 0.2) is 16.7 Å². The van der Waals surface area contributed by atoms with Gasteiger partial charge in [0.2, 0.25) is 0 Å². The Morgan fingerprint density at radius 2 is 2.14 bits per heavy atom. The molecule has 0 aromatic carbocycles. The third-order valence-corrected chi connectivity index (χ3v) is 4.13. The van der Waals surface area contributed by atoms with Gasteiger partial charge < -0.3 is 4.74 Å². The van der Waals surface area contributed by atoms with Gasteiger partial charge in [-0.2, -0.15) is 5.10 Å². The number of pyridine rings is 1. The first-order valence-corrected chi connectivity index (χ1v) is 7.35. The summed E-state index contributed by atoms with van der Waals surface area (Å²) in [6.07, 6.45) is 0. The fourth-order valence-corrected chi connectivity index (χ4v) is 2.72. The summed E-state index contributed by atoms with van der Waals surface area (Å²) in [6.45, 7) is 4.43. The molecule has 0 radical (unpaired) electrons. The average molecular weight is 351 g/mol. The predicted octanol–water partition coefficient (Wildman–Crippen LogP) is 2.12. The van der Waals surface area contributed by atoms with Gasteiger partial charge in [-0.15, -0.1) is 0 Å². The van der Waals surface area contributed by atoms with E-state index in [0.717, 1.165) is 17.0 Å². The summed E-state index contributed by atoms with van der Waals surface area (Å²) >= 11 is 3.34. The first-order chi connectivity index (χ1) is 9.97. The summed E-state index contributed by atoms with van der Waals surface area (Å²) in [4.78, 5) is 18.3. The van der Waals surface area contributed by atoms with Crippen molar-refractivity contribution in [2.24, 2.45) is 7.05 Å². The van der Waals surface area contributed by atoms with Crippen LogP contribution in [0.4, 0.5) is 5.82 Å². The van der Waals surface area contributed by atoms with Crippen molar-refractivity contribution in [3.05, 3.63) is 33.7 Å². The molecule has 0 aliphatic carbocycles. The molecule has 0 saturated heterocycles. The third kappa shape index (κ3) is 2.42. The van der Waals surface area contributed by atoms with Crippen LogP contribution in [0.3, 0.4) is 0 Å². The first-order valence-electron chi connectivity index (χ1n) is 6.56. The van der Waals surface area contributed by atoms with Gasteiger partial charge in [0.05, 0.1) is 12.2 Å². The van der Waals surface area contributed by atoms with E-state index in [1.165, 1.54) is 0 Å². The number of nitrogens with zero attached hydrogens (tertiary/aromatic N) is 4. The minimum absolute atomic E-state index is 0.0364. The molecule has 0 bridgehead atoms. The Labute approximate surface area is 130 Å². The van der Waals surface area contributed by atoms with Crippen molar-refractivity contribution in [3.8, 4) is 5.75 Å². The number of hydrogen-bond donors (Lipinski definition) is 0. The van der Waals surface area contributed by atoms with E-state index in [1.807, 2.05) is 31.6 Å². The molecule has 6 nitrogen and oxygen atoms in total. The highest BCUT2D eigenvalue weighted by Gasteiger charge is 2.28. The van der Waals surface area contributed by atoms with E-state index < -0.39 is 0 Å². The van der Waals surface area contributed by atoms with Crippen molar-refractivity contribution in [1.29, 1.82) is 0 Å². The Hall–Kier alpha value is -1.89. The van der Waals surface area contributed by atoms with E-state index in [2.05, 4.69) is 26.0 Å². The molecule has 3 rings (SSSR count). The lowest BCUT2D eigenvalue weighted by Gasteiger charge is -2.28. The van der Waals surface area contributed by atoms with E-state index in [-0.39, 0.29) is 12.5 Å². The van der Waals surface area contributed by atoms with Crippen LogP contribution < -0.4 is 9.64 Å². The van der Waals surface area contributed by atoms with E-state index >= 15 is 0 Å². The highest BCUT2D eigenvalue weighted by atomic mass is 79.9. The number of amides is 1. The molecule has 2 aromatic rings. The monoisotopic (exact) mass is 350 g/mol. The van der Waals surface area contributed by atoms with Crippen molar-refractivity contribution in [1.82, 2.24) is 14.8 Å². The van der Waals surface area contributed by atoms with Crippen molar-refractivity contribution in [2.75, 3.05) is 11.5 Å². The SMILES string of the molecule is Cc1nn(C)c(C)c1CN1C(=O)COc2ccc(Br)nc21. The maximum absolute atomic E-state index is 12.2. The van der Waals surface area contributed by atoms with Crippen LogP contribution in [0.5, 0.6) is 5.75 Å². The second-order valence-corrected chi connectivity index (χ2v) is 5.81. The van der Waals surface area contributed by atoms with Crippen molar-refractivity contribution in [3.63, 3.8) is 0 Å². The number of fused-ring (bicyclic) bond motifs is 1. The Morgan fingerprint density at radius 1 is 1.38 bits per heavy atom. The number of rotatable bonds is 2. The highest BCUT2D eigenvalue weighted by Crippen LogP contribution is 2.33. The van der Waals surface area contributed by atoms with Gasteiger partial charge in [-0.3, -0.25) is 14.4 Å². The molecule has 1 amide bonds. The molecule has 0 spiro atoms. The van der Waals surface area contributed by atoms with Crippen LogP contribution in [-0.4, -0.2) is 27.3 Å². The van der Waals surface area contributed by atoms with Crippen LogP contribution in [0.2, 0.25) is 0 Å². The van der Waals surface area contributed by atoms with Gasteiger partial charge >= 0.3 is 0 Å². The zero-order valence-electron chi connectivity index (χ0n) is 12.1. The minimum Gasteiger partial charge on any atom is -0.480 e. The molecular formula is C14H15BrN4O2. The van der Waals surface area contributed by atoms with Crippen molar-refractivity contribution < 1.29 is 9.53 Å². The lowest BCUT2D eigenvalue weighted by Crippen LogP contribution is -2.39. The minimum atomic E-state index is -0.101. The summed E-state index contributed by atoms with van der Waals surface area (Å²) in [5.74, 6) is 1.07. The molecule has 7 heteroatoms. The van der Waals surface area contributed by atoms with Gasteiger partial charge in [0.15, 0.2) is 18.2 Å².